The number of alkyl halides is 5. The van der Waals surface area contributed by atoms with E-state index >= 15 is 0 Å². The number of ether oxygens (including phenoxy) is 1. The molecule has 0 spiro atoms. The van der Waals surface area contributed by atoms with Crippen molar-refractivity contribution in [3.05, 3.63) is 22.5 Å². The number of pyridine rings is 1. The molecule has 0 bridgehead atoms. The molecule has 142 valence electrons. The first-order valence-corrected chi connectivity index (χ1v) is 8.48. The highest BCUT2D eigenvalue weighted by Gasteiger charge is 2.43. The highest BCUT2D eigenvalue weighted by Crippen LogP contribution is 2.42. The molecule has 0 saturated heterocycles. The fourth-order valence-corrected chi connectivity index (χ4v) is 4.19. The third kappa shape index (κ3) is 4.09. The van der Waals surface area contributed by atoms with Crippen molar-refractivity contribution in [2.24, 2.45) is 4.99 Å². The van der Waals surface area contributed by atoms with Gasteiger partial charge in [-0.25, -0.2) is 23.4 Å². The fraction of sp³-hybridized carbons (Fsp3) is 0.385. The number of carbonyl (C=O) groups excluding carboxylic acids is 1. The number of hydrogen-bond acceptors (Lipinski definition) is 7. The zero-order valence-electron chi connectivity index (χ0n) is 12.8. The first kappa shape index (κ1) is 20.4. The van der Waals surface area contributed by atoms with E-state index in [4.69, 9.17) is 0 Å². The molecule has 26 heavy (non-hydrogen) atoms. The summed E-state index contributed by atoms with van der Waals surface area (Å²) in [5.74, 6) is -3.01. The molecule has 0 fully saturated rings. The maximum atomic E-state index is 13.3. The molecule has 1 aliphatic rings. The summed E-state index contributed by atoms with van der Waals surface area (Å²) in [6.45, 7) is 0.321. The quantitative estimate of drug-likeness (QED) is 0.591. The van der Waals surface area contributed by atoms with Crippen molar-refractivity contribution in [3.63, 3.8) is 0 Å². The van der Waals surface area contributed by atoms with Gasteiger partial charge in [-0.15, -0.1) is 0 Å². The van der Waals surface area contributed by atoms with Crippen LogP contribution in [0, 0.1) is 0 Å². The van der Waals surface area contributed by atoms with Crippen molar-refractivity contribution in [1.29, 1.82) is 0 Å². The first-order chi connectivity index (χ1) is 12.1. The average Bonchev–Trinajstić information content (AvgIpc) is 3.04. The average molecular weight is 416 g/mol. The van der Waals surface area contributed by atoms with Crippen LogP contribution >= 0.6 is 23.5 Å². The zero-order chi connectivity index (χ0) is 19.6. The Labute approximate surface area is 151 Å². The van der Waals surface area contributed by atoms with E-state index in [1.165, 1.54) is 0 Å². The normalized spacial score (nSPS) is 14.5. The van der Waals surface area contributed by atoms with Gasteiger partial charge in [-0.3, -0.25) is 4.99 Å². The summed E-state index contributed by atoms with van der Waals surface area (Å²) in [4.78, 5) is 29.3. The SMILES string of the molecule is COC(=O)c1c(C(F)F)nc(C(F)(F)F)c(C(=O)O)c1SC1=NCCS1. The number of aromatic nitrogens is 1. The minimum atomic E-state index is -5.33. The van der Waals surface area contributed by atoms with Crippen LogP contribution in [0.4, 0.5) is 22.0 Å². The summed E-state index contributed by atoms with van der Waals surface area (Å²) in [5, 5.41) is 9.25. The maximum Gasteiger partial charge on any atom is 0.434 e. The summed E-state index contributed by atoms with van der Waals surface area (Å²) < 4.78 is 70.8. The first-order valence-electron chi connectivity index (χ1n) is 6.67. The molecule has 1 N–H and O–H groups in total. The van der Waals surface area contributed by atoms with Gasteiger partial charge in [-0.2, -0.15) is 13.2 Å². The zero-order valence-corrected chi connectivity index (χ0v) is 14.4. The number of thioether (sulfide) groups is 2. The number of aromatic carboxylic acids is 1. The van der Waals surface area contributed by atoms with Crippen LogP contribution in [-0.4, -0.2) is 45.8 Å². The van der Waals surface area contributed by atoms with Crippen LogP contribution in [0.1, 0.15) is 38.5 Å². The Morgan fingerprint density at radius 2 is 1.96 bits per heavy atom. The highest BCUT2D eigenvalue weighted by atomic mass is 32.2. The van der Waals surface area contributed by atoms with Crippen LogP contribution in [0.15, 0.2) is 9.89 Å². The molecule has 2 heterocycles. The molecule has 0 aliphatic carbocycles. The lowest BCUT2D eigenvalue weighted by molar-refractivity contribution is -0.142. The number of carbonyl (C=O) groups is 2. The van der Waals surface area contributed by atoms with Gasteiger partial charge >= 0.3 is 18.1 Å². The molecule has 1 aromatic heterocycles. The predicted molar refractivity (Wildman–Crippen MR) is 83.1 cm³/mol. The van der Waals surface area contributed by atoms with Gasteiger partial charge in [-0.05, 0) is 0 Å². The van der Waals surface area contributed by atoms with Gasteiger partial charge in [0.1, 0.15) is 21.2 Å². The van der Waals surface area contributed by atoms with Gasteiger partial charge in [-0.1, -0.05) is 23.5 Å². The Hall–Kier alpha value is -1.89. The standard InChI is InChI=1S/C13H9F5N2O4S2/c1-24-11(23)4-6(9(14)15)20-8(13(16,17)18)5(10(21)22)7(4)26-12-19-2-3-25-12/h9H,2-3H2,1H3,(H,21,22). The van der Waals surface area contributed by atoms with Crippen molar-refractivity contribution in [2.75, 3.05) is 19.4 Å². The van der Waals surface area contributed by atoms with Crippen LogP contribution in [0.25, 0.3) is 0 Å². The third-order valence-corrected chi connectivity index (χ3v) is 5.29. The largest absolute Gasteiger partial charge is 0.478 e. The molecule has 13 heteroatoms. The molecule has 1 aromatic rings. The Kier molecular flexibility index (Phi) is 6.11. The van der Waals surface area contributed by atoms with Crippen molar-refractivity contribution in [1.82, 2.24) is 4.98 Å². The van der Waals surface area contributed by atoms with Crippen LogP contribution in [0.2, 0.25) is 0 Å². The number of carboxylic acid groups (broad SMARTS) is 1. The third-order valence-electron chi connectivity index (χ3n) is 3.01. The van der Waals surface area contributed by atoms with E-state index in [1.54, 1.807) is 0 Å². The van der Waals surface area contributed by atoms with Crippen molar-refractivity contribution in [3.8, 4) is 0 Å². The van der Waals surface area contributed by atoms with Crippen LogP contribution < -0.4 is 0 Å². The summed E-state index contributed by atoms with van der Waals surface area (Å²) in [6, 6.07) is 0. The van der Waals surface area contributed by atoms with Gasteiger partial charge in [0, 0.05) is 10.6 Å². The van der Waals surface area contributed by atoms with Gasteiger partial charge in [0.15, 0.2) is 5.69 Å². The lowest BCUT2D eigenvalue weighted by atomic mass is 10.1. The Morgan fingerprint density at radius 3 is 2.38 bits per heavy atom. The molecule has 2 rings (SSSR count). The number of rotatable bonds is 4. The minimum Gasteiger partial charge on any atom is -0.478 e. The summed E-state index contributed by atoms with van der Waals surface area (Å²) in [5.41, 5.74) is -5.94. The predicted octanol–water partition coefficient (Wildman–Crippen LogP) is 3.72. The summed E-state index contributed by atoms with van der Waals surface area (Å²) in [7, 11) is 0.825. The highest BCUT2D eigenvalue weighted by molar-refractivity contribution is 8.39. The van der Waals surface area contributed by atoms with Gasteiger partial charge in [0.25, 0.3) is 6.43 Å². The topological polar surface area (TPSA) is 88.8 Å². The van der Waals surface area contributed by atoms with Gasteiger partial charge in [0.2, 0.25) is 0 Å². The van der Waals surface area contributed by atoms with Crippen LogP contribution in [0.5, 0.6) is 0 Å². The lowest BCUT2D eigenvalue weighted by Crippen LogP contribution is -2.22. The Morgan fingerprint density at radius 1 is 1.31 bits per heavy atom. The molecular formula is C13H9F5N2O4S2. The van der Waals surface area contributed by atoms with E-state index in [2.05, 4.69) is 14.7 Å². The van der Waals surface area contributed by atoms with Crippen LogP contribution in [0.3, 0.4) is 0 Å². The van der Waals surface area contributed by atoms with E-state index in [9.17, 15) is 36.6 Å². The summed E-state index contributed by atoms with van der Waals surface area (Å²) in [6.07, 6.45) is -8.89. The second-order valence-corrected chi connectivity index (χ2v) is 6.96. The van der Waals surface area contributed by atoms with E-state index < -0.39 is 52.0 Å². The number of methoxy groups -OCH3 is 1. The molecular weight excluding hydrogens is 407 g/mol. The molecule has 0 atom stereocenters. The Bertz CT molecular complexity index is 783. The molecule has 1 aliphatic heterocycles. The molecule has 0 amide bonds. The van der Waals surface area contributed by atoms with Gasteiger partial charge < -0.3 is 9.84 Å². The minimum absolute atomic E-state index is 0.150. The maximum absolute atomic E-state index is 13.3. The number of hydrogen-bond donors (Lipinski definition) is 1. The Balaban J connectivity index is 2.89. The fourth-order valence-electron chi connectivity index (χ4n) is 2.01. The lowest BCUT2D eigenvalue weighted by Gasteiger charge is -2.18. The van der Waals surface area contributed by atoms with Crippen molar-refractivity contribution < 1.29 is 41.4 Å². The molecule has 0 radical (unpaired) electrons. The number of carboxylic acids is 1. The van der Waals surface area contributed by atoms with Gasteiger partial charge in [0.05, 0.1) is 13.7 Å². The van der Waals surface area contributed by atoms with Crippen molar-refractivity contribution in [2.45, 2.75) is 17.5 Å². The molecule has 0 aromatic carbocycles. The number of esters is 1. The van der Waals surface area contributed by atoms with E-state index in [0.29, 0.717) is 24.1 Å². The number of aliphatic imine (C=N–C) groups is 1. The van der Waals surface area contributed by atoms with E-state index in [1.807, 2.05) is 0 Å². The molecule has 6 nitrogen and oxygen atoms in total. The summed E-state index contributed by atoms with van der Waals surface area (Å²) >= 11 is 1.49. The van der Waals surface area contributed by atoms with Crippen molar-refractivity contribution >= 4 is 39.8 Å². The van der Waals surface area contributed by atoms with E-state index in [0.717, 1.165) is 18.9 Å². The number of nitrogens with zero attached hydrogens (tertiary/aromatic N) is 2. The molecule has 0 saturated carbocycles. The monoisotopic (exact) mass is 416 g/mol. The smallest absolute Gasteiger partial charge is 0.434 e. The van der Waals surface area contributed by atoms with E-state index in [-0.39, 0.29) is 4.38 Å². The second kappa shape index (κ2) is 7.78. The van der Waals surface area contributed by atoms with Crippen LogP contribution in [-0.2, 0) is 10.9 Å². The number of halogens is 5. The molecule has 0 unspecified atom stereocenters. The second-order valence-electron chi connectivity index (χ2n) is 4.62.